The fourth-order valence-electron chi connectivity index (χ4n) is 0.383. The minimum absolute atomic E-state index is 0.146. The van der Waals surface area contributed by atoms with Gasteiger partial charge in [-0.3, -0.25) is 0 Å². The molecule has 2 nitrogen and oxygen atoms in total. The van der Waals surface area contributed by atoms with Crippen LogP contribution >= 0.6 is 7.92 Å². The molecule has 0 aromatic heterocycles. The van der Waals surface area contributed by atoms with Crippen LogP contribution in [0.15, 0.2) is 0 Å². The number of hydrogen-bond donors (Lipinski definition) is 0. The van der Waals surface area contributed by atoms with Crippen molar-refractivity contribution >= 4 is 17.8 Å². The summed E-state index contributed by atoms with van der Waals surface area (Å²) in [6.45, 7) is 5.71. The lowest BCUT2D eigenvalue weighted by Crippen LogP contribution is -2.12. The maximum absolute atomic E-state index is 10.8. The van der Waals surface area contributed by atoms with Gasteiger partial charge in [0.15, 0.2) is 9.84 Å². The molecule has 0 N–H and O–H groups in total. The van der Waals surface area contributed by atoms with Crippen molar-refractivity contribution < 1.29 is 8.42 Å². The van der Waals surface area contributed by atoms with Crippen LogP contribution < -0.4 is 0 Å². The van der Waals surface area contributed by atoms with Crippen molar-refractivity contribution in [1.29, 1.82) is 0 Å². The van der Waals surface area contributed by atoms with Crippen LogP contribution in [0.25, 0.3) is 0 Å². The van der Waals surface area contributed by atoms with Gasteiger partial charge in [0.25, 0.3) is 0 Å². The maximum Gasteiger partial charge on any atom is 0.153 e. The van der Waals surface area contributed by atoms with Crippen LogP contribution in [0.4, 0.5) is 0 Å². The first-order valence-corrected chi connectivity index (χ1v) is 6.97. The minimum Gasteiger partial charge on any atom is -0.228 e. The van der Waals surface area contributed by atoms with E-state index in [4.69, 9.17) is 0 Å². The van der Waals surface area contributed by atoms with E-state index in [2.05, 4.69) is 0 Å². The predicted octanol–water partition coefficient (Wildman–Crippen LogP) is 1.12. The summed E-state index contributed by atoms with van der Waals surface area (Å²) in [6.07, 6.45) is 1.29. The van der Waals surface area contributed by atoms with E-state index in [-0.39, 0.29) is 12.9 Å². The van der Waals surface area contributed by atoms with Crippen LogP contribution in [0.2, 0.25) is 0 Å². The molecule has 0 saturated carbocycles. The molecule has 9 heavy (non-hydrogen) atoms. The first-order valence-electron chi connectivity index (χ1n) is 2.71. The van der Waals surface area contributed by atoms with Crippen molar-refractivity contribution in [2.24, 2.45) is 0 Å². The van der Waals surface area contributed by atoms with Gasteiger partial charge in [-0.25, -0.2) is 8.42 Å². The van der Waals surface area contributed by atoms with Crippen molar-refractivity contribution in [3.8, 4) is 0 Å². The first-order chi connectivity index (χ1) is 3.85. The molecule has 0 rings (SSSR count). The molecule has 0 fully saturated rings. The van der Waals surface area contributed by atoms with Gasteiger partial charge >= 0.3 is 0 Å². The van der Waals surface area contributed by atoms with E-state index >= 15 is 0 Å². The highest BCUT2D eigenvalue weighted by molar-refractivity contribution is 7.98. The fraction of sp³-hybridized carbons (Fsp3) is 1.00. The van der Waals surface area contributed by atoms with Gasteiger partial charge in [-0.2, -0.15) is 0 Å². The SMILES string of the molecule is CC(P(C)C)S(C)(=O)=O. The van der Waals surface area contributed by atoms with Crippen LogP contribution in [0, 0.1) is 0 Å². The van der Waals surface area contributed by atoms with Crippen LogP contribution in [-0.2, 0) is 9.84 Å². The fourth-order valence-corrected chi connectivity index (χ4v) is 3.45. The second-order valence-electron chi connectivity index (χ2n) is 2.39. The Balaban J connectivity index is 4.24. The molecular formula is C5H13O2PS. The standard InChI is InChI=1S/C5H13O2PS/c1-5(8(2)3)9(4,6)7/h5H,1-4H3. The van der Waals surface area contributed by atoms with Gasteiger partial charge in [0, 0.05) is 6.26 Å². The largest absolute Gasteiger partial charge is 0.228 e. The van der Waals surface area contributed by atoms with E-state index in [0.29, 0.717) is 0 Å². The van der Waals surface area contributed by atoms with Crippen molar-refractivity contribution in [3.63, 3.8) is 0 Å². The molecule has 0 saturated heterocycles. The Morgan fingerprint density at radius 2 is 1.67 bits per heavy atom. The van der Waals surface area contributed by atoms with Crippen LogP contribution in [-0.4, -0.2) is 33.0 Å². The highest BCUT2D eigenvalue weighted by Crippen LogP contribution is 2.34. The molecule has 0 heterocycles. The van der Waals surface area contributed by atoms with Crippen molar-refractivity contribution in [2.45, 2.75) is 11.9 Å². The highest BCUT2D eigenvalue weighted by atomic mass is 32.2. The minimum atomic E-state index is -2.77. The molecule has 1 atom stereocenters. The summed E-state index contributed by atoms with van der Waals surface area (Å²) in [7, 11) is -3.11. The summed E-state index contributed by atoms with van der Waals surface area (Å²) in [6, 6.07) is 0. The number of rotatable bonds is 2. The van der Waals surface area contributed by atoms with Gasteiger partial charge in [0.05, 0.1) is 4.99 Å². The third-order valence-electron chi connectivity index (χ3n) is 1.35. The van der Waals surface area contributed by atoms with E-state index in [9.17, 15) is 8.42 Å². The molecule has 0 spiro atoms. The lowest BCUT2D eigenvalue weighted by molar-refractivity contribution is 0.600. The molecule has 0 radical (unpaired) electrons. The molecule has 0 aromatic rings. The summed E-state index contributed by atoms with van der Waals surface area (Å²) in [5.41, 5.74) is 0. The van der Waals surface area contributed by atoms with Gasteiger partial charge in [0.1, 0.15) is 0 Å². The average molecular weight is 168 g/mol. The van der Waals surface area contributed by atoms with Crippen LogP contribution in [0.1, 0.15) is 6.92 Å². The number of sulfone groups is 1. The molecule has 56 valence electrons. The summed E-state index contributed by atoms with van der Waals surface area (Å²) in [4.78, 5) is -0.146. The van der Waals surface area contributed by atoms with Crippen LogP contribution in [0.5, 0.6) is 0 Å². The van der Waals surface area contributed by atoms with Gasteiger partial charge in [-0.05, 0) is 20.3 Å². The summed E-state index contributed by atoms with van der Waals surface area (Å²) in [5, 5.41) is 0. The molecule has 0 aromatic carbocycles. The lowest BCUT2D eigenvalue weighted by atomic mass is 11.0. The Bertz CT molecular complexity index is 171. The van der Waals surface area contributed by atoms with E-state index in [0.717, 1.165) is 0 Å². The predicted molar refractivity (Wildman–Crippen MR) is 43.1 cm³/mol. The topological polar surface area (TPSA) is 34.1 Å². The molecule has 4 heteroatoms. The first kappa shape index (κ1) is 9.38. The number of hydrogen-bond acceptors (Lipinski definition) is 2. The zero-order valence-corrected chi connectivity index (χ0v) is 7.96. The third-order valence-corrected chi connectivity index (χ3v) is 6.45. The molecule has 1 unspecified atom stereocenters. The monoisotopic (exact) mass is 168 g/mol. The Kier molecular flexibility index (Phi) is 3.10. The van der Waals surface area contributed by atoms with Gasteiger partial charge in [0.2, 0.25) is 0 Å². The second kappa shape index (κ2) is 2.98. The van der Waals surface area contributed by atoms with Gasteiger partial charge < -0.3 is 0 Å². The van der Waals surface area contributed by atoms with Crippen LogP contribution in [0.3, 0.4) is 0 Å². The normalized spacial score (nSPS) is 16.1. The second-order valence-corrected chi connectivity index (χ2v) is 7.81. The lowest BCUT2D eigenvalue weighted by Gasteiger charge is -2.12. The molecule has 0 aliphatic carbocycles. The Morgan fingerprint density at radius 3 is 1.67 bits per heavy atom. The van der Waals surface area contributed by atoms with Crippen molar-refractivity contribution in [1.82, 2.24) is 0 Å². The van der Waals surface area contributed by atoms with E-state index in [1.165, 1.54) is 6.26 Å². The smallest absolute Gasteiger partial charge is 0.153 e. The Morgan fingerprint density at radius 1 is 1.33 bits per heavy atom. The molecular weight excluding hydrogens is 155 g/mol. The maximum atomic E-state index is 10.8. The van der Waals surface area contributed by atoms with Gasteiger partial charge in [-0.1, -0.05) is 7.92 Å². The van der Waals surface area contributed by atoms with E-state index < -0.39 is 9.84 Å². The van der Waals surface area contributed by atoms with Crippen molar-refractivity contribution in [2.75, 3.05) is 19.6 Å². The average Bonchev–Trinajstić information content (AvgIpc) is 1.62. The third kappa shape index (κ3) is 3.17. The zero-order chi connectivity index (χ0) is 7.65. The highest BCUT2D eigenvalue weighted by Gasteiger charge is 2.17. The Hall–Kier alpha value is 0.380. The van der Waals surface area contributed by atoms with Crippen molar-refractivity contribution in [3.05, 3.63) is 0 Å². The zero-order valence-electron chi connectivity index (χ0n) is 6.25. The van der Waals surface area contributed by atoms with Gasteiger partial charge in [-0.15, -0.1) is 0 Å². The molecule has 0 amide bonds. The molecule has 0 bridgehead atoms. The quantitative estimate of drug-likeness (QED) is 0.579. The summed E-state index contributed by atoms with van der Waals surface area (Å²) < 4.78 is 21.6. The summed E-state index contributed by atoms with van der Waals surface area (Å²) >= 11 is 0. The molecule has 0 aliphatic rings. The Labute approximate surface area is 58.3 Å². The van der Waals surface area contributed by atoms with E-state index in [1.54, 1.807) is 6.92 Å². The molecule has 0 aliphatic heterocycles. The summed E-state index contributed by atoms with van der Waals surface area (Å²) in [5.74, 6) is 0. The van der Waals surface area contributed by atoms with E-state index in [1.807, 2.05) is 13.3 Å².